The zero-order valence-corrected chi connectivity index (χ0v) is 29.8. The van der Waals surface area contributed by atoms with Gasteiger partial charge in [-0.2, -0.15) is 5.10 Å². The first-order valence-electron chi connectivity index (χ1n) is 18.4. The van der Waals surface area contributed by atoms with Crippen molar-refractivity contribution in [1.82, 2.24) is 24.7 Å². The lowest BCUT2D eigenvalue weighted by molar-refractivity contribution is 0.918. The summed E-state index contributed by atoms with van der Waals surface area (Å²) in [5.74, 6) is 1.93. The highest BCUT2D eigenvalue weighted by Gasteiger charge is 2.21. The van der Waals surface area contributed by atoms with E-state index in [0.29, 0.717) is 17.5 Å². The summed E-state index contributed by atoms with van der Waals surface area (Å²) in [5, 5.41) is 8.85. The summed E-state index contributed by atoms with van der Waals surface area (Å²) < 4.78 is 2.12. The molecule has 0 amide bonds. The molecular formula is C50H33N5. The molecule has 2 aromatic heterocycles. The van der Waals surface area contributed by atoms with Crippen molar-refractivity contribution in [2.75, 3.05) is 0 Å². The summed E-state index contributed by atoms with van der Waals surface area (Å²) in [6, 6.07) is 69.3. The second-order valence-electron chi connectivity index (χ2n) is 13.5. The number of hydrogen-bond donors (Lipinski definition) is 0. The van der Waals surface area contributed by atoms with E-state index in [1.54, 1.807) is 0 Å². The fraction of sp³-hybridized carbons (Fsp3) is 0. The lowest BCUT2D eigenvalue weighted by Gasteiger charge is -2.11. The molecule has 0 atom stereocenters. The smallest absolute Gasteiger partial charge is 0.164 e. The lowest BCUT2D eigenvalue weighted by atomic mass is 9.94. The van der Waals surface area contributed by atoms with E-state index in [-0.39, 0.29) is 0 Å². The Labute approximate surface area is 318 Å². The van der Waals surface area contributed by atoms with E-state index in [1.165, 1.54) is 16.5 Å². The first-order chi connectivity index (χ1) is 27.3. The number of benzene rings is 8. The Hall–Kier alpha value is -7.50. The van der Waals surface area contributed by atoms with E-state index >= 15 is 0 Å². The molecule has 0 aliphatic carbocycles. The Balaban J connectivity index is 1.05. The van der Waals surface area contributed by atoms with Gasteiger partial charge in [-0.1, -0.05) is 182 Å². The van der Waals surface area contributed by atoms with E-state index in [1.807, 2.05) is 60.7 Å². The van der Waals surface area contributed by atoms with Gasteiger partial charge in [0, 0.05) is 33.0 Å². The molecule has 0 spiro atoms. The number of hydrogen-bond acceptors (Lipinski definition) is 4. The molecule has 0 unspecified atom stereocenters. The van der Waals surface area contributed by atoms with Crippen molar-refractivity contribution in [1.29, 1.82) is 0 Å². The summed E-state index contributed by atoms with van der Waals surface area (Å²) in [7, 11) is 0. The molecule has 0 aliphatic rings. The quantitative estimate of drug-likeness (QED) is 0.166. The van der Waals surface area contributed by atoms with E-state index in [2.05, 4.69) is 144 Å². The van der Waals surface area contributed by atoms with Gasteiger partial charge in [0.2, 0.25) is 0 Å². The molecule has 2 heterocycles. The molecule has 0 saturated heterocycles. The zero-order chi connectivity index (χ0) is 36.6. The molecule has 0 fully saturated rings. The summed E-state index contributed by atoms with van der Waals surface area (Å²) in [4.78, 5) is 14.7. The highest BCUT2D eigenvalue weighted by atomic mass is 15.3. The minimum absolute atomic E-state index is 0.636. The summed E-state index contributed by atoms with van der Waals surface area (Å²) in [5.41, 5.74) is 11.5. The minimum Gasteiger partial charge on any atom is -0.232 e. The summed E-state index contributed by atoms with van der Waals surface area (Å²) in [6.45, 7) is 0. The second-order valence-corrected chi connectivity index (χ2v) is 13.5. The van der Waals surface area contributed by atoms with E-state index < -0.39 is 0 Å². The van der Waals surface area contributed by atoms with E-state index in [9.17, 15) is 0 Å². The van der Waals surface area contributed by atoms with Crippen LogP contribution in [0.3, 0.4) is 0 Å². The first-order valence-corrected chi connectivity index (χ1v) is 18.4. The van der Waals surface area contributed by atoms with Crippen molar-refractivity contribution in [3.05, 3.63) is 200 Å². The van der Waals surface area contributed by atoms with E-state index in [0.717, 1.165) is 61.1 Å². The minimum atomic E-state index is 0.636. The first kappa shape index (κ1) is 32.2. The fourth-order valence-corrected chi connectivity index (χ4v) is 7.36. The SMILES string of the molecule is c1ccc(-c2nc(-c3ccccc3)nc(-c3ccc(-c4ccc(-n5nc(-c6ccccc6)c6c(-c7ccccc7)cc7ccccc7c65)cc4)cc3)n2)cc1. The number of fused-ring (bicyclic) bond motifs is 3. The number of rotatable bonds is 7. The molecule has 55 heavy (non-hydrogen) atoms. The molecule has 0 bridgehead atoms. The van der Waals surface area contributed by atoms with Crippen molar-refractivity contribution in [3.8, 4) is 73.4 Å². The molecule has 0 saturated carbocycles. The van der Waals surface area contributed by atoms with E-state index in [4.69, 9.17) is 20.1 Å². The van der Waals surface area contributed by atoms with Crippen molar-refractivity contribution in [2.24, 2.45) is 0 Å². The molecule has 258 valence electrons. The normalized spacial score (nSPS) is 11.3. The summed E-state index contributed by atoms with van der Waals surface area (Å²) >= 11 is 0. The van der Waals surface area contributed by atoms with Gasteiger partial charge < -0.3 is 0 Å². The highest BCUT2D eigenvalue weighted by molar-refractivity contribution is 6.17. The third kappa shape index (κ3) is 6.04. The topological polar surface area (TPSA) is 56.5 Å². The van der Waals surface area contributed by atoms with Crippen molar-refractivity contribution < 1.29 is 0 Å². The lowest BCUT2D eigenvalue weighted by Crippen LogP contribution is -2.00. The Morgan fingerprint density at radius 2 is 0.764 bits per heavy atom. The summed E-state index contributed by atoms with van der Waals surface area (Å²) in [6.07, 6.45) is 0. The van der Waals surface area contributed by atoms with Crippen LogP contribution in [0, 0.1) is 0 Å². The molecular weight excluding hydrogens is 671 g/mol. The van der Waals surface area contributed by atoms with Crippen LogP contribution in [0.5, 0.6) is 0 Å². The molecule has 0 radical (unpaired) electrons. The van der Waals surface area contributed by atoms with Crippen molar-refractivity contribution >= 4 is 21.7 Å². The van der Waals surface area contributed by atoms with Gasteiger partial charge in [-0.15, -0.1) is 0 Å². The Morgan fingerprint density at radius 3 is 1.31 bits per heavy atom. The second kappa shape index (κ2) is 13.8. The van der Waals surface area contributed by atoms with Crippen LogP contribution in [0.25, 0.3) is 95.0 Å². The zero-order valence-electron chi connectivity index (χ0n) is 29.8. The molecule has 10 rings (SSSR count). The molecule has 8 aromatic carbocycles. The van der Waals surface area contributed by atoms with Crippen LogP contribution in [0.2, 0.25) is 0 Å². The third-order valence-electron chi connectivity index (χ3n) is 10.1. The van der Waals surface area contributed by atoms with Gasteiger partial charge in [0.1, 0.15) is 5.69 Å². The predicted molar refractivity (Wildman–Crippen MR) is 225 cm³/mol. The van der Waals surface area contributed by atoms with Crippen LogP contribution in [0.15, 0.2) is 200 Å². The van der Waals surface area contributed by atoms with Gasteiger partial charge in [-0.25, -0.2) is 19.6 Å². The molecule has 5 heteroatoms. The Bertz CT molecular complexity index is 2870. The molecule has 10 aromatic rings. The van der Waals surface area contributed by atoms with Crippen LogP contribution in [-0.4, -0.2) is 24.7 Å². The maximum Gasteiger partial charge on any atom is 0.164 e. The Kier molecular flexibility index (Phi) is 8.08. The molecule has 0 aliphatic heterocycles. The van der Waals surface area contributed by atoms with Crippen LogP contribution >= 0.6 is 0 Å². The van der Waals surface area contributed by atoms with Crippen LogP contribution in [0.4, 0.5) is 0 Å². The fourth-order valence-electron chi connectivity index (χ4n) is 7.36. The van der Waals surface area contributed by atoms with Gasteiger partial charge in [-0.3, -0.25) is 0 Å². The Morgan fingerprint density at radius 1 is 0.345 bits per heavy atom. The largest absolute Gasteiger partial charge is 0.232 e. The van der Waals surface area contributed by atoms with Crippen LogP contribution in [0.1, 0.15) is 0 Å². The molecule has 0 N–H and O–H groups in total. The van der Waals surface area contributed by atoms with Gasteiger partial charge >= 0.3 is 0 Å². The third-order valence-corrected chi connectivity index (χ3v) is 10.1. The highest BCUT2D eigenvalue weighted by Crippen LogP contribution is 2.41. The van der Waals surface area contributed by atoms with Crippen molar-refractivity contribution in [2.45, 2.75) is 0 Å². The van der Waals surface area contributed by atoms with Crippen LogP contribution in [-0.2, 0) is 0 Å². The average molecular weight is 704 g/mol. The van der Waals surface area contributed by atoms with Gasteiger partial charge in [0.25, 0.3) is 0 Å². The van der Waals surface area contributed by atoms with Gasteiger partial charge in [-0.05, 0) is 45.8 Å². The maximum absolute atomic E-state index is 5.37. The van der Waals surface area contributed by atoms with Crippen LogP contribution < -0.4 is 0 Å². The maximum atomic E-state index is 5.37. The average Bonchev–Trinajstić information content (AvgIpc) is 3.68. The standard InChI is InChI=1S/C50H33N5/c1-5-15-36(16-6-1)44-33-41-23-13-14-24-43(41)47-45(44)46(37-17-7-2-8-18-37)54-55(47)42-31-29-35(30-32-42)34-25-27-40(28-26-34)50-52-48(38-19-9-3-10-20-38)51-49(53-50)39-21-11-4-12-22-39/h1-33H. The monoisotopic (exact) mass is 703 g/mol. The van der Waals surface area contributed by atoms with Gasteiger partial charge in [0.15, 0.2) is 17.5 Å². The predicted octanol–water partition coefficient (Wildman–Crippen LogP) is 12.4. The molecule has 5 nitrogen and oxygen atoms in total. The number of aromatic nitrogens is 5. The van der Waals surface area contributed by atoms with Gasteiger partial charge in [0.05, 0.1) is 11.2 Å². The van der Waals surface area contributed by atoms with Crippen molar-refractivity contribution in [3.63, 3.8) is 0 Å². The number of nitrogens with zero attached hydrogens (tertiary/aromatic N) is 5.